The van der Waals surface area contributed by atoms with E-state index in [4.69, 9.17) is 10.4 Å². The van der Waals surface area contributed by atoms with Crippen LogP contribution in [0.25, 0.3) is 0 Å². The van der Waals surface area contributed by atoms with Crippen LogP contribution in [-0.4, -0.2) is 31.8 Å². The highest BCUT2D eigenvalue weighted by molar-refractivity contribution is 7.89. The number of nitrogens with zero attached hydrogens (tertiary/aromatic N) is 1. The van der Waals surface area contributed by atoms with Crippen molar-refractivity contribution >= 4 is 16.0 Å². The van der Waals surface area contributed by atoms with Crippen molar-refractivity contribution in [3.63, 3.8) is 0 Å². The summed E-state index contributed by atoms with van der Waals surface area (Å²) < 4.78 is 24.3. The van der Waals surface area contributed by atoms with E-state index in [0.717, 1.165) is 0 Å². The first-order chi connectivity index (χ1) is 6.37. The van der Waals surface area contributed by atoms with Crippen molar-refractivity contribution in [1.82, 2.24) is 4.72 Å². The van der Waals surface area contributed by atoms with E-state index in [2.05, 4.69) is 4.72 Å². The number of sulfonamides is 1. The molecule has 6 nitrogen and oxygen atoms in total. The van der Waals surface area contributed by atoms with Gasteiger partial charge in [-0.3, -0.25) is 4.79 Å². The van der Waals surface area contributed by atoms with E-state index < -0.39 is 34.1 Å². The van der Waals surface area contributed by atoms with Crippen LogP contribution in [0.4, 0.5) is 0 Å². The molecule has 0 saturated carbocycles. The van der Waals surface area contributed by atoms with Gasteiger partial charge in [0.15, 0.2) is 0 Å². The number of hydrogen-bond acceptors (Lipinski definition) is 4. The molecule has 2 N–H and O–H groups in total. The Kier molecular flexibility index (Phi) is 5.12. The van der Waals surface area contributed by atoms with Gasteiger partial charge in [0.2, 0.25) is 10.0 Å². The topological polar surface area (TPSA) is 107 Å². The fourth-order valence-corrected chi connectivity index (χ4v) is 1.68. The largest absolute Gasteiger partial charge is 0.481 e. The molecule has 0 radical (unpaired) electrons. The van der Waals surface area contributed by atoms with Crippen LogP contribution in [0, 0.1) is 17.2 Å². The lowest BCUT2D eigenvalue weighted by Gasteiger charge is -2.05. The maximum Gasteiger partial charge on any atom is 0.304 e. The summed E-state index contributed by atoms with van der Waals surface area (Å²) in [5.74, 6) is -2.04. The fourth-order valence-electron chi connectivity index (χ4n) is 0.591. The Morgan fingerprint density at radius 1 is 1.64 bits per heavy atom. The summed E-state index contributed by atoms with van der Waals surface area (Å²) in [4.78, 5) is 10.1. The summed E-state index contributed by atoms with van der Waals surface area (Å²) in [7, 11) is -3.56. The molecule has 0 saturated heterocycles. The normalized spacial score (nSPS) is 13.1. The van der Waals surface area contributed by atoms with Crippen LogP contribution in [0.2, 0.25) is 0 Å². The molecule has 80 valence electrons. The maximum absolute atomic E-state index is 11.1. The zero-order valence-electron chi connectivity index (χ0n) is 7.73. The molecule has 0 aromatic heterocycles. The minimum absolute atomic E-state index is 0.0124. The molecule has 0 aromatic carbocycles. The van der Waals surface area contributed by atoms with Gasteiger partial charge in [-0.25, -0.2) is 13.1 Å². The molecule has 0 aliphatic carbocycles. The summed E-state index contributed by atoms with van der Waals surface area (Å²) in [6, 6.07) is 1.86. The van der Waals surface area contributed by atoms with Gasteiger partial charge < -0.3 is 5.11 Å². The monoisotopic (exact) mass is 220 g/mol. The van der Waals surface area contributed by atoms with Crippen molar-refractivity contribution in [3.8, 4) is 6.07 Å². The first-order valence-electron chi connectivity index (χ1n) is 3.96. The van der Waals surface area contributed by atoms with Gasteiger partial charge in [-0.15, -0.1) is 0 Å². The lowest BCUT2D eigenvalue weighted by atomic mass is 10.2. The highest BCUT2D eigenvalue weighted by Gasteiger charge is 2.13. The van der Waals surface area contributed by atoms with E-state index >= 15 is 0 Å². The minimum atomic E-state index is -3.56. The third-order valence-electron chi connectivity index (χ3n) is 1.41. The van der Waals surface area contributed by atoms with E-state index in [1.165, 1.54) is 0 Å². The minimum Gasteiger partial charge on any atom is -0.481 e. The number of hydrogen-bond donors (Lipinski definition) is 2. The van der Waals surface area contributed by atoms with E-state index in [1.807, 2.05) is 6.07 Å². The van der Waals surface area contributed by atoms with Crippen LogP contribution in [0.5, 0.6) is 0 Å². The van der Waals surface area contributed by atoms with Crippen LogP contribution in [-0.2, 0) is 14.8 Å². The molecule has 0 aliphatic heterocycles. The average Bonchev–Trinajstić information content (AvgIpc) is 2.11. The van der Waals surface area contributed by atoms with Crippen molar-refractivity contribution < 1.29 is 18.3 Å². The number of nitriles is 1. The predicted octanol–water partition coefficient (Wildman–Crippen LogP) is -0.460. The summed E-state index contributed by atoms with van der Waals surface area (Å²) >= 11 is 0. The number of carboxylic acid groups (broad SMARTS) is 1. The predicted molar refractivity (Wildman–Crippen MR) is 48.8 cm³/mol. The zero-order valence-corrected chi connectivity index (χ0v) is 8.54. The molecule has 7 heteroatoms. The van der Waals surface area contributed by atoms with Gasteiger partial charge in [0, 0.05) is 6.54 Å². The molecule has 14 heavy (non-hydrogen) atoms. The van der Waals surface area contributed by atoms with Crippen LogP contribution in [0.3, 0.4) is 0 Å². The Morgan fingerprint density at radius 2 is 2.21 bits per heavy atom. The SMILES string of the molecule is CC(C#N)CNS(=O)(=O)CCC(=O)O. The van der Waals surface area contributed by atoms with E-state index in [0.29, 0.717) is 0 Å². The Bertz CT molecular complexity index is 330. The molecular weight excluding hydrogens is 208 g/mol. The fraction of sp³-hybridized carbons (Fsp3) is 0.714. The zero-order chi connectivity index (χ0) is 11.2. The van der Waals surface area contributed by atoms with Crippen LogP contribution in [0.1, 0.15) is 13.3 Å². The number of nitrogens with one attached hydrogen (secondary N) is 1. The Morgan fingerprint density at radius 3 is 2.64 bits per heavy atom. The van der Waals surface area contributed by atoms with Gasteiger partial charge in [0.25, 0.3) is 0 Å². The summed E-state index contributed by atoms with van der Waals surface area (Å²) in [6.45, 7) is 1.58. The average molecular weight is 220 g/mol. The lowest BCUT2D eigenvalue weighted by Crippen LogP contribution is -2.30. The lowest BCUT2D eigenvalue weighted by molar-refractivity contribution is -0.136. The third-order valence-corrected chi connectivity index (χ3v) is 2.76. The first kappa shape index (κ1) is 12.9. The third kappa shape index (κ3) is 6.39. The second-order valence-corrected chi connectivity index (χ2v) is 4.77. The smallest absolute Gasteiger partial charge is 0.304 e. The quantitative estimate of drug-likeness (QED) is 0.629. The molecule has 0 spiro atoms. The van der Waals surface area contributed by atoms with Crippen molar-refractivity contribution in [2.45, 2.75) is 13.3 Å². The van der Waals surface area contributed by atoms with Gasteiger partial charge in [0.1, 0.15) is 0 Å². The highest BCUT2D eigenvalue weighted by atomic mass is 32.2. The van der Waals surface area contributed by atoms with Gasteiger partial charge in [-0.2, -0.15) is 5.26 Å². The van der Waals surface area contributed by atoms with E-state index in [1.54, 1.807) is 6.92 Å². The second-order valence-electron chi connectivity index (χ2n) is 2.84. The van der Waals surface area contributed by atoms with Crippen molar-refractivity contribution in [3.05, 3.63) is 0 Å². The number of carboxylic acids is 1. The van der Waals surface area contributed by atoms with Crippen molar-refractivity contribution in [2.75, 3.05) is 12.3 Å². The number of rotatable bonds is 6. The standard InChI is InChI=1S/C7H12N2O4S/c1-6(4-8)5-9-14(12,13)3-2-7(10)11/h6,9H,2-3,5H2,1H3,(H,10,11). The second kappa shape index (κ2) is 5.57. The van der Waals surface area contributed by atoms with Crippen LogP contribution < -0.4 is 4.72 Å². The maximum atomic E-state index is 11.1. The summed E-state index contributed by atoms with van der Waals surface area (Å²) in [5.41, 5.74) is 0. The van der Waals surface area contributed by atoms with E-state index in [9.17, 15) is 13.2 Å². The molecule has 0 fully saturated rings. The van der Waals surface area contributed by atoms with E-state index in [-0.39, 0.29) is 6.54 Å². The molecule has 0 amide bonds. The summed E-state index contributed by atoms with van der Waals surface area (Å²) in [5, 5.41) is 16.6. The Balaban J connectivity index is 3.98. The van der Waals surface area contributed by atoms with Crippen molar-refractivity contribution in [1.29, 1.82) is 5.26 Å². The van der Waals surface area contributed by atoms with Gasteiger partial charge in [-0.05, 0) is 6.92 Å². The van der Waals surface area contributed by atoms with Crippen molar-refractivity contribution in [2.24, 2.45) is 5.92 Å². The Hall–Kier alpha value is -1.13. The van der Waals surface area contributed by atoms with Gasteiger partial charge >= 0.3 is 5.97 Å². The molecule has 1 unspecified atom stereocenters. The molecule has 0 bridgehead atoms. The number of aliphatic carboxylic acids is 1. The molecular formula is C7H12N2O4S. The van der Waals surface area contributed by atoms with Gasteiger partial charge in [-0.1, -0.05) is 0 Å². The van der Waals surface area contributed by atoms with Crippen LogP contribution >= 0.6 is 0 Å². The molecule has 0 rings (SSSR count). The molecule has 0 heterocycles. The molecule has 0 aromatic rings. The van der Waals surface area contributed by atoms with Gasteiger partial charge in [0.05, 0.1) is 24.2 Å². The Labute approximate surface area is 82.6 Å². The number of carbonyl (C=O) groups is 1. The highest BCUT2D eigenvalue weighted by Crippen LogP contribution is 1.93. The molecule has 0 aliphatic rings. The molecule has 1 atom stereocenters. The summed E-state index contributed by atoms with van der Waals surface area (Å²) in [6.07, 6.45) is -0.434. The van der Waals surface area contributed by atoms with Crippen LogP contribution in [0.15, 0.2) is 0 Å². The first-order valence-corrected chi connectivity index (χ1v) is 5.61.